The van der Waals surface area contributed by atoms with E-state index in [1.807, 2.05) is 42.7 Å². The summed E-state index contributed by atoms with van der Waals surface area (Å²) in [5, 5.41) is 2.88. The van der Waals surface area contributed by atoms with Crippen molar-refractivity contribution < 1.29 is 0 Å². The van der Waals surface area contributed by atoms with Crippen LogP contribution >= 0.6 is 11.6 Å². The normalized spacial score (nSPS) is 13.6. The molecule has 0 bridgehead atoms. The third-order valence-corrected chi connectivity index (χ3v) is 5.26. The van der Waals surface area contributed by atoms with Crippen molar-refractivity contribution >= 4 is 23.0 Å². The van der Waals surface area contributed by atoms with Crippen LogP contribution in [0.4, 0.5) is 11.4 Å². The Hall–Kier alpha value is -2.98. The highest BCUT2D eigenvalue weighted by Crippen LogP contribution is 2.29. The number of allylic oxidation sites excluding steroid dienone is 1. The summed E-state index contributed by atoms with van der Waals surface area (Å²) in [6, 6.07) is 22.5. The number of nitrogens with one attached hydrogen (secondary N) is 1. The zero-order chi connectivity index (χ0) is 19.3. The standard InChI is InChI=1S/C23H23ClN4/c1-27(20-7-3-2-4-8-20)16-19-17-28(23-10-6-5-9-21(23)24)26-22(19)15-18-11-13-25-14-12-18/h2-14,26H,15-17H2,1H3. The number of hydrogen-bond acceptors (Lipinski definition) is 4. The molecule has 0 saturated heterocycles. The van der Waals surface area contributed by atoms with Gasteiger partial charge in [-0.15, -0.1) is 0 Å². The van der Waals surface area contributed by atoms with Crippen molar-refractivity contribution in [3.05, 3.63) is 101 Å². The van der Waals surface area contributed by atoms with E-state index in [-0.39, 0.29) is 0 Å². The Balaban J connectivity index is 1.59. The number of nitrogens with zero attached hydrogens (tertiary/aromatic N) is 3. The molecule has 4 rings (SSSR count). The monoisotopic (exact) mass is 390 g/mol. The molecule has 5 heteroatoms. The van der Waals surface area contributed by atoms with Gasteiger partial charge in [0, 0.05) is 43.8 Å². The van der Waals surface area contributed by atoms with Gasteiger partial charge in [-0.1, -0.05) is 41.9 Å². The second-order valence-corrected chi connectivity index (χ2v) is 7.36. The molecule has 1 aliphatic rings. The second kappa shape index (κ2) is 8.36. The van der Waals surface area contributed by atoms with E-state index >= 15 is 0 Å². The zero-order valence-electron chi connectivity index (χ0n) is 15.8. The largest absolute Gasteiger partial charge is 0.370 e. The van der Waals surface area contributed by atoms with Crippen molar-refractivity contribution in [2.45, 2.75) is 6.42 Å². The van der Waals surface area contributed by atoms with Gasteiger partial charge in [-0.05, 0) is 47.5 Å². The molecule has 1 N–H and O–H groups in total. The molecule has 0 fully saturated rings. The van der Waals surface area contributed by atoms with Crippen LogP contribution in [0.5, 0.6) is 0 Å². The molecule has 0 aliphatic carbocycles. The van der Waals surface area contributed by atoms with Crippen LogP contribution in [0.3, 0.4) is 0 Å². The van der Waals surface area contributed by atoms with Gasteiger partial charge in [-0.3, -0.25) is 9.99 Å². The van der Waals surface area contributed by atoms with Gasteiger partial charge in [0.05, 0.1) is 17.3 Å². The maximum absolute atomic E-state index is 6.44. The summed E-state index contributed by atoms with van der Waals surface area (Å²) in [7, 11) is 2.13. The smallest absolute Gasteiger partial charge is 0.0761 e. The number of para-hydroxylation sites is 2. The predicted molar refractivity (Wildman–Crippen MR) is 117 cm³/mol. The topological polar surface area (TPSA) is 31.4 Å². The molecule has 1 aromatic heterocycles. The fraction of sp³-hybridized carbons (Fsp3) is 0.174. The molecule has 0 saturated carbocycles. The van der Waals surface area contributed by atoms with E-state index in [1.54, 1.807) is 0 Å². The quantitative estimate of drug-likeness (QED) is 0.661. The first-order valence-electron chi connectivity index (χ1n) is 9.35. The molecule has 0 spiro atoms. The summed E-state index contributed by atoms with van der Waals surface area (Å²) >= 11 is 6.44. The maximum atomic E-state index is 6.44. The molecular formula is C23H23ClN4. The number of hydrazine groups is 1. The molecule has 1 aliphatic heterocycles. The van der Waals surface area contributed by atoms with Gasteiger partial charge in [0.2, 0.25) is 0 Å². The van der Waals surface area contributed by atoms with Crippen molar-refractivity contribution in [2.24, 2.45) is 0 Å². The molecule has 0 unspecified atom stereocenters. The Morgan fingerprint density at radius 1 is 1.00 bits per heavy atom. The highest BCUT2D eigenvalue weighted by Gasteiger charge is 2.24. The van der Waals surface area contributed by atoms with E-state index in [1.165, 1.54) is 22.5 Å². The minimum atomic E-state index is 0.746. The van der Waals surface area contributed by atoms with Crippen LogP contribution in [0.25, 0.3) is 0 Å². The minimum absolute atomic E-state index is 0.746. The number of benzene rings is 2. The lowest BCUT2D eigenvalue weighted by molar-refractivity contribution is 0.783. The summed E-state index contributed by atoms with van der Waals surface area (Å²) < 4.78 is 0. The molecule has 2 heterocycles. The summed E-state index contributed by atoms with van der Waals surface area (Å²) in [6.07, 6.45) is 4.51. The fourth-order valence-electron chi connectivity index (χ4n) is 3.46. The first-order valence-corrected chi connectivity index (χ1v) is 9.73. The number of rotatable bonds is 6. The lowest BCUT2D eigenvalue weighted by atomic mass is 10.1. The average Bonchev–Trinajstić information content (AvgIpc) is 3.11. The molecule has 4 nitrogen and oxygen atoms in total. The molecule has 142 valence electrons. The summed E-state index contributed by atoms with van der Waals surface area (Å²) in [5.74, 6) is 0. The lowest BCUT2D eigenvalue weighted by Crippen LogP contribution is -2.33. The zero-order valence-corrected chi connectivity index (χ0v) is 16.6. The number of aromatic nitrogens is 1. The molecule has 2 aromatic carbocycles. The van der Waals surface area contributed by atoms with Crippen LogP contribution in [-0.4, -0.2) is 25.1 Å². The molecule has 28 heavy (non-hydrogen) atoms. The maximum Gasteiger partial charge on any atom is 0.0761 e. The van der Waals surface area contributed by atoms with Crippen molar-refractivity contribution in [1.29, 1.82) is 0 Å². The van der Waals surface area contributed by atoms with E-state index in [9.17, 15) is 0 Å². The summed E-state index contributed by atoms with van der Waals surface area (Å²) in [6.45, 7) is 1.64. The summed E-state index contributed by atoms with van der Waals surface area (Å²) in [4.78, 5) is 6.41. The number of likely N-dealkylation sites (N-methyl/N-ethyl adjacent to an activating group) is 1. The summed E-state index contributed by atoms with van der Waals surface area (Å²) in [5.41, 5.74) is 9.58. The van der Waals surface area contributed by atoms with E-state index in [0.717, 1.165) is 30.2 Å². The van der Waals surface area contributed by atoms with E-state index in [4.69, 9.17) is 11.6 Å². The van der Waals surface area contributed by atoms with Crippen LogP contribution < -0.4 is 15.3 Å². The minimum Gasteiger partial charge on any atom is -0.370 e. The number of halogens is 1. The van der Waals surface area contributed by atoms with Gasteiger partial charge in [-0.25, -0.2) is 0 Å². The Morgan fingerprint density at radius 2 is 1.71 bits per heavy atom. The molecule has 0 radical (unpaired) electrons. The Bertz CT molecular complexity index is 957. The highest BCUT2D eigenvalue weighted by molar-refractivity contribution is 6.33. The van der Waals surface area contributed by atoms with Crippen LogP contribution in [0, 0.1) is 0 Å². The first kappa shape index (κ1) is 18.4. The van der Waals surface area contributed by atoms with Gasteiger partial charge in [0.15, 0.2) is 0 Å². The van der Waals surface area contributed by atoms with E-state index in [0.29, 0.717) is 0 Å². The van der Waals surface area contributed by atoms with Crippen LogP contribution in [0.1, 0.15) is 5.56 Å². The Labute approximate surface area is 171 Å². The van der Waals surface area contributed by atoms with Gasteiger partial charge < -0.3 is 10.3 Å². The second-order valence-electron chi connectivity index (χ2n) is 6.96. The van der Waals surface area contributed by atoms with Crippen molar-refractivity contribution in [3.8, 4) is 0 Å². The fourth-order valence-corrected chi connectivity index (χ4v) is 3.70. The van der Waals surface area contributed by atoms with Crippen LogP contribution in [0.15, 0.2) is 90.4 Å². The highest BCUT2D eigenvalue weighted by atomic mass is 35.5. The average molecular weight is 391 g/mol. The van der Waals surface area contributed by atoms with E-state index < -0.39 is 0 Å². The SMILES string of the molecule is CN(CC1=C(Cc2ccncc2)NN(c2ccccc2Cl)C1)c1ccccc1. The number of pyridine rings is 1. The number of hydrogen-bond donors (Lipinski definition) is 1. The van der Waals surface area contributed by atoms with Gasteiger partial charge in [0.1, 0.15) is 0 Å². The molecule has 0 atom stereocenters. The Kier molecular flexibility index (Phi) is 5.49. The first-order chi connectivity index (χ1) is 13.7. The van der Waals surface area contributed by atoms with Crippen LogP contribution in [-0.2, 0) is 6.42 Å². The van der Waals surface area contributed by atoms with Crippen molar-refractivity contribution in [2.75, 3.05) is 30.0 Å². The van der Waals surface area contributed by atoms with E-state index in [2.05, 4.69) is 63.8 Å². The van der Waals surface area contributed by atoms with Crippen molar-refractivity contribution in [3.63, 3.8) is 0 Å². The molecule has 0 amide bonds. The predicted octanol–water partition coefficient (Wildman–Crippen LogP) is 4.69. The van der Waals surface area contributed by atoms with Gasteiger partial charge in [-0.2, -0.15) is 0 Å². The molecule has 3 aromatic rings. The third-order valence-electron chi connectivity index (χ3n) is 4.94. The lowest BCUT2D eigenvalue weighted by Gasteiger charge is -2.22. The third kappa shape index (κ3) is 4.12. The Morgan fingerprint density at radius 3 is 2.46 bits per heavy atom. The number of anilines is 2. The van der Waals surface area contributed by atoms with Gasteiger partial charge >= 0.3 is 0 Å². The van der Waals surface area contributed by atoms with Crippen molar-refractivity contribution in [1.82, 2.24) is 10.4 Å². The van der Waals surface area contributed by atoms with Crippen LogP contribution in [0.2, 0.25) is 5.02 Å². The van der Waals surface area contributed by atoms with Gasteiger partial charge in [0.25, 0.3) is 0 Å². The molecular weight excluding hydrogens is 368 g/mol.